The van der Waals surface area contributed by atoms with Crippen molar-refractivity contribution in [1.82, 2.24) is 40.3 Å². The van der Waals surface area contributed by atoms with E-state index in [4.69, 9.17) is 9.72 Å². The Balaban J connectivity index is 0.000000165. The van der Waals surface area contributed by atoms with Gasteiger partial charge in [-0.1, -0.05) is 68.0 Å². The first-order valence-corrected chi connectivity index (χ1v) is 22.9. The second-order valence-corrected chi connectivity index (χ2v) is 21.8. The van der Waals surface area contributed by atoms with Crippen LogP contribution >= 0.6 is 22.7 Å². The number of anilines is 4. The molecule has 11 nitrogen and oxygen atoms in total. The molecule has 1 N–H and O–H groups in total. The van der Waals surface area contributed by atoms with Crippen molar-refractivity contribution < 1.29 is 4.74 Å². The van der Waals surface area contributed by atoms with Crippen LogP contribution in [0, 0.1) is 0 Å². The van der Waals surface area contributed by atoms with Crippen molar-refractivity contribution in [2.45, 2.75) is 88.9 Å². The van der Waals surface area contributed by atoms with Gasteiger partial charge in [0.05, 0.1) is 22.1 Å². The fraction of sp³-hybridized carbons (Fsp3) is 0.444. The Morgan fingerprint density at radius 1 is 0.720 bits per heavy atom. The van der Waals surface area contributed by atoms with Gasteiger partial charge in [-0.15, -0.1) is 20.4 Å². The monoisotopic (exact) mass is 724 g/mol. The first-order chi connectivity index (χ1) is 24.4. The van der Waals surface area contributed by atoms with Crippen LogP contribution < -0.4 is 10.2 Å². The number of aromatic nitrogens is 8. The minimum Gasteiger partial charge on any atom is -0.361 e. The van der Waals surface area contributed by atoms with Crippen LogP contribution in [0.4, 0.5) is 21.9 Å². The summed E-state index contributed by atoms with van der Waals surface area (Å²) in [4.78, 5) is 20.1. The molecular weight excluding hydrogens is 681 g/mol. The predicted octanol–water partition coefficient (Wildman–Crippen LogP) is 9.47. The van der Waals surface area contributed by atoms with Crippen molar-refractivity contribution in [3.63, 3.8) is 0 Å². The van der Waals surface area contributed by atoms with E-state index in [1.807, 2.05) is 53.4 Å². The van der Waals surface area contributed by atoms with Crippen molar-refractivity contribution in [2.75, 3.05) is 23.6 Å². The minimum atomic E-state index is -1.13. The highest BCUT2D eigenvalue weighted by atomic mass is 32.1. The molecule has 6 aromatic rings. The molecule has 260 valence electrons. The van der Waals surface area contributed by atoms with E-state index in [0.717, 1.165) is 66.6 Å². The summed E-state index contributed by atoms with van der Waals surface area (Å²) in [5.41, 5.74) is 3.53. The molecule has 0 atom stereocenters. The van der Waals surface area contributed by atoms with E-state index < -0.39 is 8.07 Å². The van der Waals surface area contributed by atoms with Crippen molar-refractivity contribution >= 4 is 74.7 Å². The Morgan fingerprint density at radius 2 is 1.34 bits per heavy atom. The molecule has 0 radical (unpaired) electrons. The van der Waals surface area contributed by atoms with Gasteiger partial charge in [-0.3, -0.25) is 14.9 Å². The molecule has 2 fully saturated rings. The summed E-state index contributed by atoms with van der Waals surface area (Å²) in [6.07, 6.45) is 13.7. The van der Waals surface area contributed by atoms with Gasteiger partial charge in [-0.25, -0.2) is 9.97 Å². The van der Waals surface area contributed by atoms with Crippen molar-refractivity contribution in [3.8, 4) is 0 Å². The van der Waals surface area contributed by atoms with Crippen LogP contribution in [0.1, 0.15) is 73.2 Å². The lowest BCUT2D eigenvalue weighted by Gasteiger charge is -2.22. The number of hydrogen-bond donors (Lipinski definition) is 1. The van der Waals surface area contributed by atoms with E-state index in [9.17, 15) is 0 Å². The van der Waals surface area contributed by atoms with E-state index in [-0.39, 0.29) is 0 Å². The van der Waals surface area contributed by atoms with E-state index in [1.54, 1.807) is 35.1 Å². The van der Waals surface area contributed by atoms with E-state index in [2.05, 4.69) is 60.3 Å². The second kappa shape index (κ2) is 15.9. The van der Waals surface area contributed by atoms with Crippen LogP contribution in [0.5, 0.6) is 0 Å². The number of ether oxygens (including phenoxy) is 1. The van der Waals surface area contributed by atoms with Crippen molar-refractivity contribution in [2.24, 2.45) is 0 Å². The normalized spacial score (nSPS) is 15.4. The highest BCUT2D eigenvalue weighted by Gasteiger charge is 2.24. The van der Waals surface area contributed by atoms with E-state index >= 15 is 0 Å². The molecule has 0 spiro atoms. The van der Waals surface area contributed by atoms with Crippen LogP contribution in [-0.2, 0) is 4.74 Å². The standard InChI is InChI=1S/C21H29N5OSSi.C15H15N5S/c1-29(2,3)14-13-27-15-26(19-11-10-17-18(23-19)9-6-12-22-17)21-25-24-20(28-21)16-7-4-5-8-16;1-2-5-10(4-1)14-19-20-15(21-14)18-13-8-7-11-12(17-13)6-3-9-16-11/h6,9-12,16H,4-5,7-8,13-15H2,1-3H3;3,6-10H,1-2,4-5H2,(H,17,18,20). The Labute approximate surface area is 302 Å². The zero-order chi connectivity index (χ0) is 34.3. The maximum atomic E-state index is 6.07. The van der Waals surface area contributed by atoms with Gasteiger partial charge in [0, 0.05) is 38.9 Å². The SMILES string of the molecule is C[Si](C)(C)CCOCN(c1ccc2ncccc2n1)c1nnc(C2CCCC2)s1.c1cnc2ccc(Nc3nnc(C4CCCC4)s3)nc2c1. The topological polar surface area (TPSA) is 128 Å². The number of fused-ring (bicyclic) bond motifs is 2. The third-order valence-corrected chi connectivity index (χ3v) is 13.0. The van der Waals surface area contributed by atoms with Gasteiger partial charge in [0.15, 0.2) is 0 Å². The predicted molar refractivity (Wildman–Crippen MR) is 206 cm³/mol. The van der Waals surface area contributed by atoms with E-state index in [1.165, 1.54) is 51.4 Å². The Morgan fingerprint density at radius 3 is 2.02 bits per heavy atom. The van der Waals surface area contributed by atoms with Gasteiger partial charge < -0.3 is 10.1 Å². The summed E-state index contributed by atoms with van der Waals surface area (Å²) in [6, 6.07) is 16.8. The van der Waals surface area contributed by atoms with Crippen molar-refractivity contribution in [3.05, 3.63) is 70.9 Å². The lowest BCUT2D eigenvalue weighted by atomic mass is 10.1. The Hall–Kier alpha value is -3.98. The van der Waals surface area contributed by atoms with Crippen molar-refractivity contribution in [1.29, 1.82) is 0 Å². The molecule has 2 aliphatic carbocycles. The summed E-state index contributed by atoms with van der Waals surface area (Å²) in [7, 11) is -1.13. The number of hydrogen-bond acceptors (Lipinski definition) is 13. The minimum absolute atomic E-state index is 0.433. The molecule has 50 heavy (non-hydrogen) atoms. The maximum Gasteiger partial charge on any atom is 0.215 e. The molecule has 0 unspecified atom stereocenters. The zero-order valence-corrected chi connectivity index (χ0v) is 31.6. The molecule has 0 aliphatic heterocycles. The first kappa shape index (κ1) is 34.5. The van der Waals surface area contributed by atoms with Crippen LogP contribution in [0.2, 0.25) is 25.7 Å². The quantitative estimate of drug-likeness (QED) is 0.0780. The smallest absolute Gasteiger partial charge is 0.215 e. The third-order valence-electron chi connectivity index (χ3n) is 9.14. The summed E-state index contributed by atoms with van der Waals surface area (Å²) < 4.78 is 6.07. The number of rotatable bonds is 11. The molecule has 0 saturated heterocycles. The summed E-state index contributed by atoms with van der Waals surface area (Å²) in [5.74, 6) is 2.77. The Kier molecular flexibility index (Phi) is 11.0. The van der Waals surface area contributed by atoms with Crippen LogP contribution in [0.15, 0.2) is 60.9 Å². The van der Waals surface area contributed by atoms with Crippen LogP contribution in [0.3, 0.4) is 0 Å². The van der Waals surface area contributed by atoms with Gasteiger partial charge in [-0.2, -0.15) is 0 Å². The molecule has 2 saturated carbocycles. The lowest BCUT2D eigenvalue weighted by molar-refractivity contribution is 0.153. The maximum absolute atomic E-state index is 6.07. The van der Waals surface area contributed by atoms with Gasteiger partial charge >= 0.3 is 0 Å². The fourth-order valence-corrected chi connectivity index (χ4v) is 8.97. The molecule has 0 bridgehead atoms. The van der Waals surface area contributed by atoms with Crippen LogP contribution in [0.25, 0.3) is 22.1 Å². The molecule has 6 heterocycles. The zero-order valence-electron chi connectivity index (χ0n) is 29.0. The van der Waals surface area contributed by atoms with Gasteiger partial charge in [-0.05, 0) is 80.3 Å². The second-order valence-electron chi connectivity index (χ2n) is 14.2. The van der Waals surface area contributed by atoms with Crippen LogP contribution in [-0.4, -0.2) is 61.7 Å². The molecule has 14 heteroatoms. The summed E-state index contributed by atoms with van der Waals surface area (Å²) >= 11 is 3.32. The highest BCUT2D eigenvalue weighted by Crippen LogP contribution is 2.39. The Bertz CT molecular complexity index is 2000. The molecule has 0 aromatic carbocycles. The van der Waals surface area contributed by atoms with E-state index in [0.29, 0.717) is 18.6 Å². The molecule has 0 amide bonds. The number of pyridine rings is 4. The number of nitrogens with one attached hydrogen (secondary N) is 1. The third kappa shape index (κ3) is 8.83. The summed E-state index contributed by atoms with van der Waals surface area (Å²) in [6.45, 7) is 8.29. The summed E-state index contributed by atoms with van der Waals surface area (Å²) in [5, 5.41) is 24.8. The highest BCUT2D eigenvalue weighted by molar-refractivity contribution is 7.15. The van der Waals surface area contributed by atoms with Gasteiger partial charge in [0.1, 0.15) is 28.4 Å². The average molecular weight is 725 g/mol. The molecule has 2 aliphatic rings. The molecule has 6 aromatic heterocycles. The first-order valence-electron chi connectivity index (χ1n) is 17.6. The average Bonchev–Trinajstić information content (AvgIpc) is 3.96. The van der Waals surface area contributed by atoms with Gasteiger partial charge in [0.25, 0.3) is 0 Å². The number of nitrogens with zero attached hydrogens (tertiary/aromatic N) is 9. The largest absolute Gasteiger partial charge is 0.361 e. The molecular formula is C36H44N10OS2Si. The fourth-order valence-electron chi connectivity index (χ4n) is 6.28. The van der Waals surface area contributed by atoms with Gasteiger partial charge in [0.2, 0.25) is 10.3 Å². The molecule has 8 rings (SSSR count). The lowest BCUT2D eigenvalue weighted by Crippen LogP contribution is -2.26.